The zero-order valence-electron chi connectivity index (χ0n) is 11.5. The van der Waals surface area contributed by atoms with Crippen molar-refractivity contribution in [3.63, 3.8) is 0 Å². The number of aromatic amines is 1. The molecule has 0 saturated heterocycles. The molecule has 0 aliphatic heterocycles. The van der Waals surface area contributed by atoms with Gasteiger partial charge in [0, 0.05) is 34.4 Å². The third kappa shape index (κ3) is 2.52. The quantitative estimate of drug-likeness (QED) is 0.773. The highest BCUT2D eigenvalue weighted by atomic mass is 32.1. The first kappa shape index (κ1) is 12.5. The summed E-state index contributed by atoms with van der Waals surface area (Å²) in [6.45, 7) is 2.05. The van der Waals surface area contributed by atoms with Crippen molar-refractivity contribution in [3.05, 3.63) is 35.2 Å². The second-order valence-corrected chi connectivity index (χ2v) is 6.32. The van der Waals surface area contributed by atoms with Crippen LogP contribution in [0.2, 0.25) is 0 Å². The molecule has 0 bridgehead atoms. The van der Waals surface area contributed by atoms with E-state index in [0.717, 1.165) is 27.0 Å². The molecule has 3 aromatic heterocycles. The number of aryl methyl sites for hydroxylation is 1. The summed E-state index contributed by atoms with van der Waals surface area (Å²) in [6.07, 6.45) is 7.89. The Balaban J connectivity index is 1.60. The third-order valence-corrected chi connectivity index (χ3v) is 4.35. The molecule has 1 fully saturated rings. The van der Waals surface area contributed by atoms with E-state index < -0.39 is 0 Å². The Hall–Kier alpha value is -2.28. The van der Waals surface area contributed by atoms with E-state index in [2.05, 4.69) is 30.5 Å². The molecule has 4 rings (SSSR count). The maximum absolute atomic E-state index is 4.61. The predicted octanol–water partition coefficient (Wildman–Crippen LogP) is 3.25. The molecule has 21 heavy (non-hydrogen) atoms. The highest BCUT2D eigenvalue weighted by molar-refractivity contribution is 7.16. The van der Waals surface area contributed by atoms with E-state index in [9.17, 15) is 0 Å². The van der Waals surface area contributed by atoms with Crippen molar-refractivity contribution < 1.29 is 0 Å². The number of hydrogen-bond donors (Lipinski definition) is 2. The summed E-state index contributed by atoms with van der Waals surface area (Å²) < 4.78 is 0. The van der Waals surface area contributed by atoms with Crippen LogP contribution in [0.15, 0.2) is 24.7 Å². The van der Waals surface area contributed by atoms with E-state index in [1.165, 1.54) is 12.8 Å². The largest absolute Gasteiger partial charge is 0.300 e. The van der Waals surface area contributed by atoms with Gasteiger partial charge in [0.25, 0.3) is 0 Å². The number of H-pyrrole nitrogens is 1. The normalized spacial score (nSPS) is 14.3. The van der Waals surface area contributed by atoms with Crippen molar-refractivity contribution in [1.82, 2.24) is 25.1 Å². The van der Waals surface area contributed by atoms with Gasteiger partial charge >= 0.3 is 0 Å². The van der Waals surface area contributed by atoms with Crippen LogP contribution >= 0.6 is 11.3 Å². The summed E-state index contributed by atoms with van der Waals surface area (Å²) in [7, 11) is 0. The van der Waals surface area contributed by atoms with Crippen molar-refractivity contribution >= 4 is 22.4 Å². The van der Waals surface area contributed by atoms with Gasteiger partial charge in [0.15, 0.2) is 5.13 Å². The number of rotatable bonds is 4. The fourth-order valence-corrected chi connectivity index (χ4v) is 3.06. The fourth-order valence-electron chi connectivity index (χ4n) is 2.23. The van der Waals surface area contributed by atoms with E-state index in [4.69, 9.17) is 0 Å². The molecule has 0 amide bonds. The Kier molecular flexibility index (Phi) is 2.92. The first-order valence-corrected chi connectivity index (χ1v) is 7.68. The third-order valence-electron chi connectivity index (χ3n) is 3.46. The van der Waals surface area contributed by atoms with Crippen LogP contribution in [0.25, 0.3) is 11.3 Å². The van der Waals surface area contributed by atoms with Gasteiger partial charge in [0.2, 0.25) is 5.95 Å². The minimum absolute atomic E-state index is 0.617. The summed E-state index contributed by atoms with van der Waals surface area (Å²) in [5, 5.41) is 10.8. The molecule has 3 heterocycles. The van der Waals surface area contributed by atoms with Crippen LogP contribution in [0.4, 0.5) is 11.1 Å². The van der Waals surface area contributed by atoms with Gasteiger partial charge in [-0.25, -0.2) is 15.0 Å². The van der Waals surface area contributed by atoms with E-state index in [1.807, 2.05) is 19.2 Å². The summed E-state index contributed by atoms with van der Waals surface area (Å²) in [5.74, 6) is 1.24. The molecule has 106 valence electrons. The highest BCUT2D eigenvalue weighted by Crippen LogP contribution is 2.39. The molecular weight excluding hydrogens is 284 g/mol. The number of nitrogens with zero attached hydrogens (tertiary/aromatic N) is 4. The second-order valence-electron chi connectivity index (χ2n) is 5.12. The van der Waals surface area contributed by atoms with Gasteiger partial charge in [-0.3, -0.25) is 5.10 Å². The smallest absolute Gasteiger partial charge is 0.229 e. The van der Waals surface area contributed by atoms with Crippen molar-refractivity contribution in [1.29, 1.82) is 0 Å². The topological polar surface area (TPSA) is 79.4 Å². The molecule has 6 nitrogen and oxygen atoms in total. The van der Waals surface area contributed by atoms with Crippen molar-refractivity contribution in [2.45, 2.75) is 25.7 Å². The van der Waals surface area contributed by atoms with Crippen molar-refractivity contribution in [2.75, 3.05) is 5.32 Å². The lowest BCUT2D eigenvalue weighted by Gasteiger charge is -2.02. The molecule has 7 heteroatoms. The van der Waals surface area contributed by atoms with Crippen LogP contribution in [0.5, 0.6) is 0 Å². The van der Waals surface area contributed by atoms with Gasteiger partial charge in [0.05, 0.1) is 11.9 Å². The maximum atomic E-state index is 4.61. The Bertz CT molecular complexity index is 760. The first-order chi connectivity index (χ1) is 10.3. The first-order valence-electron chi connectivity index (χ1n) is 6.86. The van der Waals surface area contributed by atoms with Crippen LogP contribution in [-0.4, -0.2) is 25.1 Å². The standard InChI is InChI=1S/C14H14N6S/c1-8-12(10-6-16-17-7-10)19-14(21-8)20-13-15-5-4-11(18-13)9-2-3-9/h4-7,9H,2-3H2,1H3,(H,16,17)(H,15,18,19,20). The predicted molar refractivity (Wildman–Crippen MR) is 81.7 cm³/mol. The Labute approximate surface area is 125 Å². The minimum atomic E-state index is 0.617. The molecule has 3 aromatic rings. The van der Waals surface area contributed by atoms with Crippen LogP contribution in [0.3, 0.4) is 0 Å². The van der Waals surface area contributed by atoms with E-state index in [-0.39, 0.29) is 0 Å². The zero-order valence-corrected chi connectivity index (χ0v) is 12.3. The number of hydrogen-bond acceptors (Lipinski definition) is 6. The molecule has 2 N–H and O–H groups in total. The van der Waals surface area contributed by atoms with Crippen LogP contribution in [0.1, 0.15) is 29.3 Å². The molecular formula is C14H14N6S. The molecule has 1 saturated carbocycles. The van der Waals surface area contributed by atoms with Crippen LogP contribution in [0, 0.1) is 6.92 Å². The summed E-state index contributed by atoms with van der Waals surface area (Å²) in [4.78, 5) is 14.6. The molecule has 1 aliphatic carbocycles. The average Bonchev–Trinajstić information content (AvgIpc) is 3.08. The average molecular weight is 298 g/mol. The molecule has 1 aliphatic rings. The van der Waals surface area contributed by atoms with E-state index in [1.54, 1.807) is 23.7 Å². The number of aromatic nitrogens is 5. The van der Waals surface area contributed by atoms with Gasteiger partial charge in [-0.15, -0.1) is 11.3 Å². The lowest BCUT2D eigenvalue weighted by Crippen LogP contribution is -1.98. The summed E-state index contributed by atoms with van der Waals surface area (Å²) in [5.41, 5.74) is 3.05. The van der Waals surface area contributed by atoms with Gasteiger partial charge < -0.3 is 5.32 Å². The summed E-state index contributed by atoms with van der Waals surface area (Å²) in [6, 6.07) is 1.99. The van der Waals surface area contributed by atoms with Crippen LogP contribution < -0.4 is 5.32 Å². The lowest BCUT2D eigenvalue weighted by atomic mass is 10.2. The second kappa shape index (κ2) is 4.92. The van der Waals surface area contributed by atoms with Gasteiger partial charge in [-0.05, 0) is 25.8 Å². The molecule has 0 unspecified atom stereocenters. The van der Waals surface area contributed by atoms with E-state index >= 15 is 0 Å². The molecule has 0 spiro atoms. The Morgan fingerprint density at radius 1 is 1.33 bits per heavy atom. The van der Waals surface area contributed by atoms with Gasteiger partial charge in [-0.2, -0.15) is 5.10 Å². The number of nitrogens with one attached hydrogen (secondary N) is 2. The molecule has 0 aromatic carbocycles. The fraction of sp³-hybridized carbons (Fsp3) is 0.286. The minimum Gasteiger partial charge on any atom is -0.300 e. The van der Waals surface area contributed by atoms with Crippen molar-refractivity contribution in [2.24, 2.45) is 0 Å². The van der Waals surface area contributed by atoms with Gasteiger partial charge in [0.1, 0.15) is 0 Å². The lowest BCUT2D eigenvalue weighted by molar-refractivity contribution is 0.992. The highest BCUT2D eigenvalue weighted by Gasteiger charge is 2.25. The van der Waals surface area contributed by atoms with Gasteiger partial charge in [-0.1, -0.05) is 0 Å². The number of thiazole rings is 1. The molecule has 0 radical (unpaired) electrons. The van der Waals surface area contributed by atoms with Crippen LogP contribution in [-0.2, 0) is 0 Å². The maximum Gasteiger partial charge on any atom is 0.229 e. The Morgan fingerprint density at radius 3 is 3.00 bits per heavy atom. The summed E-state index contributed by atoms with van der Waals surface area (Å²) >= 11 is 1.59. The SMILES string of the molecule is Cc1sc(Nc2nccc(C3CC3)n2)nc1-c1cn[nH]c1. The monoisotopic (exact) mass is 298 g/mol. The van der Waals surface area contributed by atoms with E-state index in [0.29, 0.717) is 11.9 Å². The molecule has 0 atom stereocenters. The zero-order chi connectivity index (χ0) is 14.2. The Morgan fingerprint density at radius 2 is 2.24 bits per heavy atom. The van der Waals surface area contributed by atoms with Crippen molar-refractivity contribution in [3.8, 4) is 11.3 Å². The number of anilines is 2.